The van der Waals surface area contributed by atoms with Gasteiger partial charge in [0.2, 0.25) is 0 Å². The minimum atomic E-state index is -0.986. The molecule has 4 rings (SSSR count). The number of aromatic carboxylic acids is 1. The second-order valence-electron chi connectivity index (χ2n) is 6.86. The maximum Gasteiger partial charge on any atom is 0.335 e. The average molecular weight is 488 g/mol. The molecule has 2 aromatic carbocycles. The Bertz CT molecular complexity index is 1310. The van der Waals surface area contributed by atoms with Crippen molar-refractivity contribution < 1.29 is 9.90 Å². The summed E-state index contributed by atoms with van der Waals surface area (Å²) in [4.78, 5) is 21.5. The van der Waals surface area contributed by atoms with E-state index in [2.05, 4.69) is 5.32 Å². The van der Waals surface area contributed by atoms with Crippen molar-refractivity contribution in [3.63, 3.8) is 0 Å². The molecule has 32 heavy (non-hydrogen) atoms. The van der Waals surface area contributed by atoms with Crippen molar-refractivity contribution in [1.82, 2.24) is 19.7 Å². The summed E-state index contributed by atoms with van der Waals surface area (Å²) in [7, 11) is 0. The molecule has 0 radical (unpaired) electrons. The molecule has 0 saturated carbocycles. The summed E-state index contributed by atoms with van der Waals surface area (Å²) in [6.45, 7) is 4.68. The Morgan fingerprint density at radius 2 is 1.88 bits per heavy atom. The number of carboxylic acid groups (broad SMARTS) is 1. The maximum atomic E-state index is 11.3. The van der Waals surface area contributed by atoms with E-state index >= 15 is 0 Å². The van der Waals surface area contributed by atoms with Gasteiger partial charge in [-0.3, -0.25) is 0 Å². The van der Waals surface area contributed by atoms with Crippen molar-refractivity contribution in [1.29, 1.82) is 0 Å². The lowest BCUT2D eigenvalue weighted by Crippen LogP contribution is -2.04. The van der Waals surface area contributed by atoms with Gasteiger partial charge in [-0.15, -0.1) is 0 Å². The number of rotatable bonds is 7. The van der Waals surface area contributed by atoms with Crippen LogP contribution in [0.1, 0.15) is 29.9 Å². The van der Waals surface area contributed by atoms with Gasteiger partial charge in [0.05, 0.1) is 22.3 Å². The first kappa shape index (κ1) is 22.4. The Labute approximate surface area is 198 Å². The lowest BCUT2D eigenvalue weighted by Gasteiger charge is -2.09. The van der Waals surface area contributed by atoms with Crippen LogP contribution >= 0.6 is 35.0 Å². The highest BCUT2D eigenvalue weighted by molar-refractivity contribution is 7.99. The normalized spacial score (nSPS) is 11.1. The number of carboxylic acids is 1. The molecule has 0 amide bonds. The van der Waals surface area contributed by atoms with Crippen LogP contribution in [-0.4, -0.2) is 37.4 Å². The van der Waals surface area contributed by atoms with E-state index in [4.69, 9.17) is 38.3 Å². The number of halogens is 2. The molecule has 0 spiro atoms. The predicted molar refractivity (Wildman–Crippen MR) is 128 cm³/mol. The van der Waals surface area contributed by atoms with Crippen LogP contribution in [0.15, 0.2) is 52.5 Å². The third kappa shape index (κ3) is 4.53. The van der Waals surface area contributed by atoms with Gasteiger partial charge in [-0.1, -0.05) is 36.2 Å². The highest BCUT2D eigenvalue weighted by atomic mass is 35.5. The summed E-state index contributed by atoms with van der Waals surface area (Å²) >= 11 is 13.7. The van der Waals surface area contributed by atoms with E-state index in [-0.39, 0.29) is 5.56 Å². The summed E-state index contributed by atoms with van der Waals surface area (Å²) in [6.07, 6.45) is 0.687. The van der Waals surface area contributed by atoms with Crippen molar-refractivity contribution in [3.05, 3.63) is 63.8 Å². The monoisotopic (exact) mass is 487 g/mol. The summed E-state index contributed by atoms with van der Waals surface area (Å²) in [5.41, 5.74) is 2.35. The molecule has 0 aliphatic heterocycles. The number of aromatic nitrogens is 4. The van der Waals surface area contributed by atoms with Crippen LogP contribution in [0.25, 0.3) is 16.7 Å². The van der Waals surface area contributed by atoms with Crippen LogP contribution in [-0.2, 0) is 6.42 Å². The predicted octanol–water partition coefficient (Wildman–Crippen LogP) is 5.97. The van der Waals surface area contributed by atoms with Crippen LogP contribution in [0.4, 0.5) is 5.82 Å². The van der Waals surface area contributed by atoms with E-state index in [1.165, 1.54) is 11.8 Å². The fraction of sp³-hybridized carbons (Fsp3) is 0.182. The molecule has 7 nitrogen and oxygen atoms in total. The first-order chi connectivity index (χ1) is 15.4. The zero-order valence-electron chi connectivity index (χ0n) is 17.3. The van der Waals surface area contributed by atoms with Crippen LogP contribution < -0.4 is 5.32 Å². The number of nitrogens with one attached hydrogen (secondary N) is 1. The standard InChI is InChI=1S/C22H19Cl2N5O2S/c1-3-17-18-19(25-4-2)26-22(32-16-7-5-6-12(8-16)21(30)31)27-20(18)29(28-17)15-10-13(23)9-14(24)11-15/h5-11H,3-4H2,1-2H3,(H,30,31)(H,25,26,27). The van der Waals surface area contributed by atoms with Gasteiger partial charge in [-0.05, 0) is 61.5 Å². The zero-order chi connectivity index (χ0) is 22.8. The molecule has 0 aliphatic rings. The molecule has 164 valence electrons. The fourth-order valence-corrected chi connectivity index (χ4v) is 4.62. The van der Waals surface area contributed by atoms with E-state index < -0.39 is 5.97 Å². The molecule has 10 heteroatoms. The minimum Gasteiger partial charge on any atom is -0.478 e. The first-order valence-corrected chi connectivity index (χ1v) is 11.5. The molecule has 2 aromatic heterocycles. The molecule has 2 N–H and O–H groups in total. The Kier molecular flexibility index (Phi) is 6.55. The number of carbonyl (C=O) groups is 1. The fourth-order valence-electron chi connectivity index (χ4n) is 3.29. The van der Waals surface area contributed by atoms with Gasteiger partial charge in [-0.25, -0.2) is 19.4 Å². The molecular formula is C22H19Cl2N5O2S. The van der Waals surface area contributed by atoms with Crippen molar-refractivity contribution in [2.45, 2.75) is 30.3 Å². The quantitative estimate of drug-likeness (QED) is 0.310. The van der Waals surface area contributed by atoms with Crippen LogP contribution in [0.2, 0.25) is 10.0 Å². The number of nitrogens with zero attached hydrogens (tertiary/aromatic N) is 4. The van der Waals surface area contributed by atoms with Gasteiger partial charge >= 0.3 is 5.97 Å². The van der Waals surface area contributed by atoms with Crippen LogP contribution in [0.3, 0.4) is 0 Å². The second-order valence-corrected chi connectivity index (χ2v) is 8.77. The molecule has 0 fully saturated rings. The number of hydrogen-bond donors (Lipinski definition) is 2. The number of aryl methyl sites for hydroxylation is 1. The van der Waals surface area contributed by atoms with Crippen LogP contribution in [0.5, 0.6) is 0 Å². The first-order valence-electron chi connectivity index (χ1n) is 9.90. The number of fused-ring (bicyclic) bond motifs is 1. The third-order valence-electron chi connectivity index (χ3n) is 4.64. The zero-order valence-corrected chi connectivity index (χ0v) is 19.6. The van der Waals surface area contributed by atoms with Gasteiger partial charge in [0, 0.05) is 21.5 Å². The molecule has 2 heterocycles. The maximum absolute atomic E-state index is 11.3. The van der Waals surface area contributed by atoms with Gasteiger partial charge in [0.1, 0.15) is 5.82 Å². The Morgan fingerprint density at radius 3 is 2.53 bits per heavy atom. The second kappa shape index (κ2) is 9.36. The Morgan fingerprint density at radius 1 is 1.12 bits per heavy atom. The number of hydrogen-bond acceptors (Lipinski definition) is 6. The molecular weight excluding hydrogens is 469 g/mol. The topological polar surface area (TPSA) is 92.9 Å². The lowest BCUT2D eigenvalue weighted by molar-refractivity contribution is 0.0696. The van der Waals surface area contributed by atoms with E-state index in [0.717, 1.165) is 16.0 Å². The molecule has 0 unspecified atom stereocenters. The van der Waals surface area contributed by atoms with Crippen molar-refractivity contribution in [3.8, 4) is 5.69 Å². The minimum absolute atomic E-state index is 0.204. The molecule has 0 atom stereocenters. The van der Waals surface area contributed by atoms with Gasteiger partial charge in [0.25, 0.3) is 0 Å². The lowest BCUT2D eigenvalue weighted by atomic mass is 10.2. The van der Waals surface area contributed by atoms with Crippen LogP contribution in [0, 0.1) is 0 Å². The van der Waals surface area contributed by atoms with E-state index in [9.17, 15) is 9.90 Å². The highest BCUT2D eigenvalue weighted by Crippen LogP contribution is 2.33. The van der Waals surface area contributed by atoms with Gasteiger partial charge in [0.15, 0.2) is 10.8 Å². The summed E-state index contributed by atoms with van der Waals surface area (Å²) in [5.74, 6) is -0.314. The van der Waals surface area contributed by atoms with E-state index in [1.54, 1.807) is 41.1 Å². The Balaban J connectivity index is 1.90. The molecule has 0 bridgehead atoms. The number of benzene rings is 2. The smallest absolute Gasteiger partial charge is 0.335 e. The molecule has 4 aromatic rings. The van der Waals surface area contributed by atoms with Gasteiger partial charge in [-0.2, -0.15) is 5.10 Å². The number of anilines is 1. The summed E-state index contributed by atoms with van der Waals surface area (Å²) < 4.78 is 1.71. The van der Waals surface area contributed by atoms with E-state index in [0.29, 0.717) is 45.3 Å². The van der Waals surface area contributed by atoms with Crippen molar-refractivity contribution in [2.75, 3.05) is 11.9 Å². The third-order valence-corrected chi connectivity index (χ3v) is 5.93. The Hall–Kier alpha value is -2.81. The van der Waals surface area contributed by atoms with Crippen molar-refractivity contribution >= 4 is 57.8 Å². The molecule has 0 saturated heterocycles. The van der Waals surface area contributed by atoms with Gasteiger partial charge < -0.3 is 10.4 Å². The SMILES string of the molecule is CCNc1nc(Sc2cccc(C(=O)O)c2)nc2c1c(CC)nn2-c1cc(Cl)cc(Cl)c1. The molecule has 0 aliphatic carbocycles. The summed E-state index contributed by atoms with van der Waals surface area (Å²) in [5, 5.41) is 19.6. The van der Waals surface area contributed by atoms with Crippen molar-refractivity contribution in [2.24, 2.45) is 0 Å². The largest absolute Gasteiger partial charge is 0.478 e. The highest BCUT2D eigenvalue weighted by Gasteiger charge is 2.20. The average Bonchev–Trinajstić information content (AvgIpc) is 3.12. The van der Waals surface area contributed by atoms with E-state index in [1.807, 2.05) is 19.9 Å². The summed E-state index contributed by atoms with van der Waals surface area (Å²) in [6, 6.07) is 11.9.